The van der Waals surface area contributed by atoms with Crippen LogP contribution in [-0.4, -0.2) is 36.8 Å². The van der Waals surface area contributed by atoms with E-state index in [4.69, 9.17) is 14.0 Å². The van der Waals surface area contributed by atoms with Crippen LogP contribution in [0.25, 0.3) is 11.1 Å². The van der Waals surface area contributed by atoms with E-state index in [-0.39, 0.29) is 10.7 Å². The summed E-state index contributed by atoms with van der Waals surface area (Å²) in [6.07, 6.45) is 0. The van der Waals surface area contributed by atoms with Crippen LogP contribution in [0.2, 0.25) is 0 Å². The predicted molar refractivity (Wildman–Crippen MR) is 152 cm³/mol. The molecule has 0 saturated heterocycles. The van der Waals surface area contributed by atoms with Crippen LogP contribution in [0, 0.1) is 20.8 Å². The van der Waals surface area contributed by atoms with Crippen molar-refractivity contribution < 1.29 is 22.4 Å². The number of hydrogen-bond acceptors (Lipinski definition) is 9. The monoisotopic (exact) mass is 565 g/mol. The Morgan fingerprint density at radius 1 is 0.925 bits per heavy atom. The van der Waals surface area contributed by atoms with E-state index < -0.39 is 10.0 Å². The Labute approximate surface area is 235 Å². The highest BCUT2D eigenvalue weighted by Crippen LogP contribution is 2.33. The summed E-state index contributed by atoms with van der Waals surface area (Å²) in [6, 6.07) is 14.7. The van der Waals surface area contributed by atoms with Crippen LogP contribution in [0.3, 0.4) is 0 Å². The van der Waals surface area contributed by atoms with E-state index in [0.29, 0.717) is 61.5 Å². The topological polar surface area (TPSA) is 128 Å². The number of nitrogens with one attached hydrogen (secondary N) is 2. The van der Waals surface area contributed by atoms with Gasteiger partial charge in [-0.05, 0) is 57.4 Å². The minimum absolute atomic E-state index is 0.142. The van der Waals surface area contributed by atoms with E-state index in [1.807, 2.05) is 51.1 Å². The lowest BCUT2D eigenvalue weighted by molar-refractivity contribution is 0.134. The standard InChI is InChI=1S/C29H35N5O5S/c1-6-37-18-23-14-22(16-30-17-24-15-28(38-7-2)32-21(5)31-24)12-13-25(23)26-10-8-9-11-27(26)40(35,36)34-29-19(3)20(4)39-33-29/h8-15,30H,6-7,16-18H2,1-5H3,(H,33,34). The molecule has 4 rings (SSSR count). The second-order valence-electron chi connectivity index (χ2n) is 9.22. The summed E-state index contributed by atoms with van der Waals surface area (Å²) < 4.78 is 45.9. The van der Waals surface area contributed by atoms with Crippen molar-refractivity contribution in [2.75, 3.05) is 17.9 Å². The summed E-state index contributed by atoms with van der Waals surface area (Å²) in [5, 5.41) is 7.28. The summed E-state index contributed by atoms with van der Waals surface area (Å²) >= 11 is 0. The van der Waals surface area contributed by atoms with Gasteiger partial charge < -0.3 is 19.3 Å². The Morgan fingerprint density at radius 2 is 1.73 bits per heavy atom. The first-order valence-electron chi connectivity index (χ1n) is 13.1. The van der Waals surface area contributed by atoms with Gasteiger partial charge in [-0.15, -0.1) is 0 Å². The van der Waals surface area contributed by atoms with Gasteiger partial charge in [0.15, 0.2) is 5.82 Å². The van der Waals surface area contributed by atoms with Crippen molar-refractivity contribution >= 4 is 15.8 Å². The number of aromatic nitrogens is 3. The van der Waals surface area contributed by atoms with E-state index in [9.17, 15) is 8.42 Å². The molecule has 0 spiro atoms. The van der Waals surface area contributed by atoms with E-state index in [1.54, 1.807) is 32.0 Å². The molecule has 0 unspecified atom stereocenters. The summed E-state index contributed by atoms with van der Waals surface area (Å²) in [5.41, 5.74) is 4.74. The number of anilines is 1. The lowest BCUT2D eigenvalue weighted by Gasteiger charge is -2.16. The number of sulfonamides is 1. The molecule has 11 heteroatoms. The van der Waals surface area contributed by atoms with Gasteiger partial charge >= 0.3 is 0 Å². The molecule has 2 aromatic carbocycles. The van der Waals surface area contributed by atoms with Gasteiger partial charge in [-0.2, -0.15) is 4.98 Å². The Hall–Kier alpha value is -3.80. The molecule has 0 bridgehead atoms. The summed E-state index contributed by atoms with van der Waals surface area (Å²) in [6.45, 7) is 11.7. The van der Waals surface area contributed by atoms with Crippen LogP contribution in [0.1, 0.15) is 47.8 Å². The third kappa shape index (κ3) is 7.04. The Morgan fingerprint density at radius 3 is 2.45 bits per heavy atom. The van der Waals surface area contributed by atoms with Gasteiger partial charge in [0.25, 0.3) is 10.0 Å². The van der Waals surface area contributed by atoms with Crippen LogP contribution in [0.4, 0.5) is 5.82 Å². The molecular formula is C29H35N5O5S. The molecule has 0 aliphatic rings. The average Bonchev–Trinajstić information content (AvgIpc) is 3.23. The van der Waals surface area contributed by atoms with Gasteiger partial charge in [0.2, 0.25) is 5.88 Å². The SMILES string of the molecule is CCOCc1cc(CNCc2cc(OCC)nc(C)n2)ccc1-c1ccccc1S(=O)(=O)Nc1noc(C)c1C. The second kappa shape index (κ2) is 13.0. The Bertz CT molecular complexity index is 1570. The number of ether oxygens (including phenoxy) is 2. The Kier molecular flexibility index (Phi) is 9.51. The normalized spacial score (nSPS) is 11.5. The lowest BCUT2D eigenvalue weighted by Crippen LogP contribution is -2.16. The van der Waals surface area contributed by atoms with E-state index in [2.05, 4.69) is 25.2 Å². The zero-order valence-corrected chi connectivity index (χ0v) is 24.3. The zero-order valence-electron chi connectivity index (χ0n) is 23.4. The van der Waals surface area contributed by atoms with Gasteiger partial charge in [0.1, 0.15) is 11.6 Å². The molecule has 2 heterocycles. The van der Waals surface area contributed by atoms with Crippen molar-refractivity contribution in [3.8, 4) is 17.0 Å². The third-order valence-corrected chi connectivity index (χ3v) is 7.68. The average molecular weight is 566 g/mol. The van der Waals surface area contributed by atoms with E-state index >= 15 is 0 Å². The number of rotatable bonds is 13. The minimum atomic E-state index is -3.95. The van der Waals surface area contributed by atoms with Crippen molar-refractivity contribution in [2.24, 2.45) is 0 Å². The molecule has 0 amide bonds. The first-order valence-corrected chi connectivity index (χ1v) is 14.6. The highest BCUT2D eigenvalue weighted by molar-refractivity contribution is 7.92. The molecule has 2 N–H and O–H groups in total. The summed E-state index contributed by atoms with van der Waals surface area (Å²) in [7, 11) is -3.95. The van der Waals surface area contributed by atoms with Crippen molar-refractivity contribution in [1.29, 1.82) is 0 Å². The van der Waals surface area contributed by atoms with Gasteiger partial charge in [-0.25, -0.2) is 13.4 Å². The predicted octanol–water partition coefficient (Wildman–Crippen LogP) is 5.08. The molecule has 0 fully saturated rings. The highest BCUT2D eigenvalue weighted by atomic mass is 32.2. The van der Waals surface area contributed by atoms with Crippen LogP contribution >= 0.6 is 0 Å². The molecular weight excluding hydrogens is 530 g/mol. The molecule has 4 aromatic rings. The molecule has 212 valence electrons. The molecule has 0 saturated carbocycles. The van der Waals surface area contributed by atoms with Crippen LogP contribution < -0.4 is 14.8 Å². The molecule has 40 heavy (non-hydrogen) atoms. The maximum absolute atomic E-state index is 13.5. The second-order valence-corrected chi connectivity index (χ2v) is 10.9. The highest BCUT2D eigenvalue weighted by Gasteiger charge is 2.23. The fraction of sp³-hybridized carbons (Fsp3) is 0.345. The number of hydrogen-bond donors (Lipinski definition) is 2. The first kappa shape index (κ1) is 29.2. The molecule has 10 nitrogen and oxygen atoms in total. The maximum atomic E-state index is 13.5. The molecule has 0 aliphatic carbocycles. The largest absolute Gasteiger partial charge is 0.478 e. The fourth-order valence-electron chi connectivity index (χ4n) is 4.22. The smallest absolute Gasteiger partial charge is 0.263 e. The van der Waals surface area contributed by atoms with Crippen molar-refractivity contribution in [1.82, 2.24) is 20.4 Å². The van der Waals surface area contributed by atoms with Crippen molar-refractivity contribution in [2.45, 2.75) is 59.2 Å². The zero-order chi connectivity index (χ0) is 28.7. The van der Waals surface area contributed by atoms with Gasteiger partial charge in [-0.1, -0.05) is 41.6 Å². The number of nitrogens with zero attached hydrogens (tertiary/aromatic N) is 3. The van der Waals surface area contributed by atoms with Crippen molar-refractivity contribution in [3.05, 3.63) is 82.5 Å². The molecule has 0 aliphatic heterocycles. The summed E-state index contributed by atoms with van der Waals surface area (Å²) in [5.74, 6) is 1.95. The molecule has 0 radical (unpaired) electrons. The fourth-order valence-corrected chi connectivity index (χ4v) is 5.50. The first-order chi connectivity index (χ1) is 19.2. The minimum Gasteiger partial charge on any atom is -0.478 e. The van der Waals surface area contributed by atoms with Crippen LogP contribution in [0.5, 0.6) is 5.88 Å². The summed E-state index contributed by atoms with van der Waals surface area (Å²) in [4.78, 5) is 8.91. The maximum Gasteiger partial charge on any atom is 0.263 e. The van der Waals surface area contributed by atoms with E-state index in [1.165, 1.54) is 0 Å². The lowest BCUT2D eigenvalue weighted by atomic mass is 9.97. The molecule has 0 atom stereocenters. The van der Waals surface area contributed by atoms with Crippen LogP contribution in [-0.2, 0) is 34.5 Å². The van der Waals surface area contributed by atoms with Gasteiger partial charge in [-0.3, -0.25) is 4.72 Å². The van der Waals surface area contributed by atoms with Crippen molar-refractivity contribution in [3.63, 3.8) is 0 Å². The number of benzene rings is 2. The van der Waals surface area contributed by atoms with E-state index in [0.717, 1.165) is 22.4 Å². The van der Waals surface area contributed by atoms with Gasteiger partial charge in [0.05, 0.1) is 23.8 Å². The Balaban J connectivity index is 1.59. The third-order valence-electron chi connectivity index (χ3n) is 6.28. The quantitative estimate of drug-likeness (QED) is 0.228. The van der Waals surface area contributed by atoms with Crippen LogP contribution in [0.15, 0.2) is 57.9 Å². The van der Waals surface area contributed by atoms with Gasteiger partial charge in [0, 0.05) is 36.9 Å². The molecule has 2 aromatic heterocycles. The number of aryl methyl sites for hydroxylation is 2.